The van der Waals surface area contributed by atoms with E-state index < -0.39 is 24.1 Å². The molecule has 0 spiro atoms. The number of ether oxygens (including phenoxy) is 4. The van der Waals surface area contributed by atoms with Gasteiger partial charge in [-0.2, -0.15) is 0 Å². The first-order chi connectivity index (χ1) is 17.0. The van der Waals surface area contributed by atoms with E-state index >= 15 is 0 Å². The van der Waals surface area contributed by atoms with E-state index in [9.17, 15) is 19.2 Å². The number of rotatable bonds is 15. The molecule has 1 rings (SSSR count). The zero-order valence-electron chi connectivity index (χ0n) is 21.9. The Bertz CT molecular complexity index is 767. The number of alkyl carbamates (subject to hydrolysis) is 2. The van der Waals surface area contributed by atoms with Crippen molar-refractivity contribution < 1.29 is 38.1 Å². The van der Waals surface area contributed by atoms with Crippen LogP contribution < -0.4 is 10.6 Å². The first-order valence-electron chi connectivity index (χ1n) is 12.4. The Balaban J connectivity index is 2.34. The van der Waals surface area contributed by atoms with Gasteiger partial charge in [0.2, 0.25) is 0 Å². The molecule has 1 fully saturated rings. The van der Waals surface area contributed by atoms with Gasteiger partial charge in [-0.1, -0.05) is 33.9 Å². The molecule has 1 aliphatic rings. The molecule has 0 heterocycles. The lowest BCUT2D eigenvalue weighted by Crippen LogP contribution is -2.50. The van der Waals surface area contributed by atoms with E-state index in [-0.39, 0.29) is 43.3 Å². The predicted octanol–water partition coefficient (Wildman–Crippen LogP) is 4.04. The summed E-state index contributed by atoms with van der Waals surface area (Å²) in [5.74, 6) is -0.940. The standard InChI is InChI=1S/C26H42N2O8/c1-6-21(29)33-12-8-10-14-35-23(31)27-19-26(5)17-20(16-25(3,4)18-26)28-24(32)36-15-11-9-13-34-22(30)7-2/h6-7,20H,1-2,8-19H2,3-5H3,(H,27,31)(H,28,32)/t20?,26-/m0/s1. The number of esters is 2. The van der Waals surface area contributed by atoms with E-state index in [2.05, 4.69) is 44.6 Å². The zero-order chi connectivity index (χ0) is 27.0. The Morgan fingerprint density at radius 3 is 1.75 bits per heavy atom. The first kappa shape index (κ1) is 31.0. The second kappa shape index (κ2) is 15.9. The van der Waals surface area contributed by atoms with Gasteiger partial charge < -0.3 is 29.6 Å². The smallest absolute Gasteiger partial charge is 0.407 e. The van der Waals surface area contributed by atoms with E-state index in [0.29, 0.717) is 38.6 Å². The highest BCUT2D eigenvalue weighted by atomic mass is 16.6. The largest absolute Gasteiger partial charge is 0.463 e. The molecule has 10 nitrogen and oxygen atoms in total. The Labute approximate surface area is 214 Å². The van der Waals surface area contributed by atoms with Crippen LogP contribution in [0.5, 0.6) is 0 Å². The second-order valence-corrected chi connectivity index (χ2v) is 10.2. The highest BCUT2D eigenvalue weighted by Crippen LogP contribution is 2.45. The molecule has 36 heavy (non-hydrogen) atoms. The molecule has 2 atom stereocenters. The summed E-state index contributed by atoms with van der Waals surface area (Å²) in [6.45, 7) is 14.4. The van der Waals surface area contributed by atoms with Gasteiger partial charge in [-0.25, -0.2) is 19.2 Å². The molecule has 0 aromatic carbocycles. The van der Waals surface area contributed by atoms with Crippen molar-refractivity contribution in [3.8, 4) is 0 Å². The van der Waals surface area contributed by atoms with Crippen LogP contribution in [0, 0.1) is 10.8 Å². The molecule has 2 amide bonds. The van der Waals surface area contributed by atoms with Gasteiger partial charge >= 0.3 is 24.1 Å². The van der Waals surface area contributed by atoms with Gasteiger partial charge in [-0.15, -0.1) is 0 Å². The fraction of sp³-hybridized carbons (Fsp3) is 0.692. The maximum atomic E-state index is 12.3. The van der Waals surface area contributed by atoms with Crippen LogP contribution in [0.1, 0.15) is 65.7 Å². The molecule has 0 saturated heterocycles. The third-order valence-corrected chi connectivity index (χ3v) is 5.79. The number of amides is 2. The summed E-state index contributed by atoms with van der Waals surface area (Å²) in [6, 6.07) is -0.0871. The van der Waals surface area contributed by atoms with Crippen LogP contribution in [0.15, 0.2) is 25.3 Å². The Morgan fingerprint density at radius 2 is 1.25 bits per heavy atom. The van der Waals surface area contributed by atoms with E-state index in [0.717, 1.165) is 25.0 Å². The van der Waals surface area contributed by atoms with Crippen molar-refractivity contribution in [1.29, 1.82) is 0 Å². The van der Waals surface area contributed by atoms with Gasteiger partial charge in [0.1, 0.15) is 0 Å². The van der Waals surface area contributed by atoms with Crippen molar-refractivity contribution in [3.05, 3.63) is 25.3 Å². The average Bonchev–Trinajstić information content (AvgIpc) is 2.80. The average molecular weight is 511 g/mol. The minimum absolute atomic E-state index is 0.0333. The van der Waals surface area contributed by atoms with Crippen molar-refractivity contribution in [2.45, 2.75) is 71.8 Å². The van der Waals surface area contributed by atoms with Crippen LogP contribution in [-0.4, -0.2) is 63.1 Å². The summed E-state index contributed by atoms with van der Waals surface area (Å²) in [5.41, 5.74) is -0.263. The van der Waals surface area contributed by atoms with Gasteiger partial charge in [0.15, 0.2) is 0 Å². The molecular formula is C26H42N2O8. The van der Waals surface area contributed by atoms with Crippen LogP contribution in [0.25, 0.3) is 0 Å². The van der Waals surface area contributed by atoms with Crippen molar-refractivity contribution >= 4 is 24.1 Å². The van der Waals surface area contributed by atoms with E-state index in [1.807, 2.05) is 0 Å². The lowest BCUT2D eigenvalue weighted by atomic mass is 9.62. The molecule has 0 aliphatic heterocycles. The molecule has 204 valence electrons. The van der Waals surface area contributed by atoms with Crippen molar-refractivity contribution in [3.63, 3.8) is 0 Å². The van der Waals surface area contributed by atoms with Crippen molar-refractivity contribution in [1.82, 2.24) is 10.6 Å². The maximum Gasteiger partial charge on any atom is 0.407 e. The van der Waals surface area contributed by atoms with E-state index in [1.54, 1.807) is 0 Å². The van der Waals surface area contributed by atoms with Crippen molar-refractivity contribution in [2.24, 2.45) is 10.8 Å². The van der Waals surface area contributed by atoms with Gasteiger partial charge in [0.05, 0.1) is 26.4 Å². The molecule has 10 heteroatoms. The number of hydrogen-bond donors (Lipinski definition) is 2. The lowest BCUT2D eigenvalue weighted by Gasteiger charge is -2.46. The molecule has 0 bridgehead atoms. The number of unbranched alkanes of at least 4 members (excludes halogenated alkanes) is 2. The second-order valence-electron chi connectivity index (χ2n) is 10.2. The van der Waals surface area contributed by atoms with Gasteiger partial charge in [0, 0.05) is 24.7 Å². The molecule has 1 aliphatic carbocycles. The van der Waals surface area contributed by atoms with Crippen LogP contribution in [-0.2, 0) is 28.5 Å². The monoisotopic (exact) mass is 510 g/mol. The minimum Gasteiger partial charge on any atom is -0.463 e. The fourth-order valence-corrected chi connectivity index (χ4v) is 4.62. The van der Waals surface area contributed by atoms with Gasteiger partial charge in [-0.05, 0) is 55.8 Å². The Hall–Kier alpha value is -3.04. The number of carbonyl (C=O) groups excluding carboxylic acids is 4. The summed E-state index contributed by atoms with van der Waals surface area (Å²) in [5, 5.41) is 5.80. The summed E-state index contributed by atoms with van der Waals surface area (Å²) < 4.78 is 20.2. The molecular weight excluding hydrogens is 468 g/mol. The summed E-state index contributed by atoms with van der Waals surface area (Å²) in [4.78, 5) is 46.4. The van der Waals surface area contributed by atoms with E-state index in [1.165, 1.54) is 0 Å². The molecule has 0 aromatic heterocycles. The topological polar surface area (TPSA) is 129 Å². The Kier molecular flexibility index (Phi) is 13.6. The molecule has 0 radical (unpaired) electrons. The van der Waals surface area contributed by atoms with Crippen LogP contribution in [0.2, 0.25) is 0 Å². The molecule has 1 unspecified atom stereocenters. The van der Waals surface area contributed by atoms with Crippen LogP contribution >= 0.6 is 0 Å². The Morgan fingerprint density at radius 1 is 0.778 bits per heavy atom. The molecule has 0 aromatic rings. The zero-order valence-corrected chi connectivity index (χ0v) is 21.9. The first-order valence-corrected chi connectivity index (χ1v) is 12.4. The van der Waals surface area contributed by atoms with Gasteiger partial charge in [0.25, 0.3) is 0 Å². The summed E-state index contributed by atoms with van der Waals surface area (Å²) >= 11 is 0. The normalized spacial score (nSPS) is 20.4. The van der Waals surface area contributed by atoms with Crippen LogP contribution in [0.4, 0.5) is 9.59 Å². The minimum atomic E-state index is -0.495. The number of nitrogens with one attached hydrogen (secondary N) is 2. The third-order valence-electron chi connectivity index (χ3n) is 5.79. The highest BCUT2D eigenvalue weighted by molar-refractivity contribution is 5.81. The van der Waals surface area contributed by atoms with Crippen LogP contribution in [0.3, 0.4) is 0 Å². The number of carbonyl (C=O) groups is 4. The quantitative estimate of drug-likeness (QED) is 0.146. The third kappa shape index (κ3) is 13.7. The fourth-order valence-electron chi connectivity index (χ4n) is 4.62. The highest BCUT2D eigenvalue weighted by Gasteiger charge is 2.42. The van der Waals surface area contributed by atoms with E-state index in [4.69, 9.17) is 18.9 Å². The summed E-state index contributed by atoms with van der Waals surface area (Å²) in [6.07, 6.45) is 5.95. The predicted molar refractivity (Wildman–Crippen MR) is 134 cm³/mol. The molecule has 2 N–H and O–H groups in total. The summed E-state index contributed by atoms with van der Waals surface area (Å²) in [7, 11) is 0. The SMILES string of the molecule is C=CC(=O)OCCCCOC(=O)NC[C@@]1(C)CC(NC(=O)OCCCCOC(=O)C=C)CC(C)(C)C1. The van der Waals surface area contributed by atoms with Gasteiger partial charge in [-0.3, -0.25) is 0 Å². The van der Waals surface area contributed by atoms with Crippen molar-refractivity contribution in [2.75, 3.05) is 33.0 Å². The maximum absolute atomic E-state index is 12.3. The number of hydrogen-bond acceptors (Lipinski definition) is 8. The molecule has 1 saturated carbocycles. The lowest BCUT2D eigenvalue weighted by molar-refractivity contribution is -0.138.